The highest BCUT2D eigenvalue weighted by atomic mass is 79.9. The number of piperazine rings is 1. The first-order chi connectivity index (χ1) is 10.2. The number of halogens is 1. The fourth-order valence-corrected chi connectivity index (χ4v) is 3.36. The lowest BCUT2D eigenvalue weighted by molar-refractivity contribution is 0.188. The van der Waals surface area contributed by atoms with Gasteiger partial charge >= 0.3 is 0 Å². The number of hydrogen-bond acceptors (Lipinski definition) is 4. The molecule has 2 N–H and O–H groups in total. The van der Waals surface area contributed by atoms with Gasteiger partial charge in [0.1, 0.15) is 0 Å². The predicted octanol–water partition coefficient (Wildman–Crippen LogP) is 2.06. The zero-order valence-electron chi connectivity index (χ0n) is 12.8. The molecule has 1 aromatic carbocycles. The summed E-state index contributed by atoms with van der Waals surface area (Å²) in [5.74, 6) is 0. The largest absolute Gasteiger partial charge is 0.395 e. The standard InChI is InChI=1S/C16H26BrN3O/c1-2-5-18-13-14-3-4-16(15(17)12-14)20-8-6-19(7-9-20)10-11-21/h3-4,12,18,21H,2,5-11,13H2,1H3. The van der Waals surface area contributed by atoms with Crippen LogP contribution in [0.1, 0.15) is 18.9 Å². The molecular formula is C16H26BrN3O. The van der Waals surface area contributed by atoms with E-state index in [1.54, 1.807) is 0 Å². The first kappa shape index (κ1) is 16.7. The lowest BCUT2D eigenvalue weighted by Gasteiger charge is -2.36. The number of rotatable bonds is 7. The summed E-state index contributed by atoms with van der Waals surface area (Å²) in [5.41, 5.74) is 2.59. The zero-order chi connectivity index (χ0) is 15.1. The number of β-amino-alcohol motifs (C(OH)–C–C–N with tert-alkyl or cyclic N) is 1. The van der Waals surface area contributed by atoms with Crippen LogP contribution in [0.4, 0.5) is 5.69 Å². The van der Waals surface area contributed by atoms with E-state index in [0.29, 0.717) is 0 Å². The molecule has 0 aliphatic carbocycles. The molecule has 0 amide bonds. The third kappa shape index (κ3) is 4.95. The number of nitrogens with one attached hydrogen (secondary N) is 1. The minimum Gasteiger partial charge on any atom is -0.395 e. The van der Waals surface area contributed by atoms with Crippen molar-refractivity contribution in [2.24, 2.45) is 0 Å². The molecule has 21 heavy (non-hydrogen) atoms. The normalized spacial score (nSPS) is 16.4. The Morgan fingerprint density at radius 3 is 2.62 bits per heavy atom. The number of benzene rings is 1. The van der Waals surface area contributed by atoms with Crippen molar-refractivity contribution in [1.29, 1.82) is 0 Å². The average molecular weight is 356 g/mol. The summed E-state index contributed by atoms with van der Waals surface area (Å²) < 4.78 is 1.17. The van der Waals surface area contributed by atoms with E-state index < -0.39 is 0 Å². The van der Waals surface area contributed by atoms with Crippen molar-refractivity contribution in [3.63, 3.8) is 0 Å². The van der Waals surface area contributed by atoms with E-state index in [2.05, 4.69) is 56.2 Å². The van der Waals surface area contributed by atoms with E-state index in [1.165, 1.54) is 15.7 Å². The van der Waals surface area contributed by atoms with Gasteiger partial charge in [-0.3, -0.25) is 4.90 Å². The first-order valence-corrected chi connectivity index (χ1v) is 8.61. The maximum absolute atomic E-state index is 9.00. The summed E-state index contributed by atoms with van der Waals surface area (Å²) in [7, 11) is 0. The van der Waals surface area contributed by atoms with Gasteiger partial charge in [0.25, 0.3) is 0 Å². The Balaban J connectivity index is 1.92. The van der Waals surface area contributed by atoms with E-state index in [9.17, 15) is 0 Å². The van der Waals surface area contributed by atoms with Crippen LogP contribution >= 0.6 is 15.9 Å². The van der Waals surface area contributed by atoms with Crippen molar-refractivity contribution in [2.75, 3.05) is 50.8 Å². The molecule has 5 heteroatoms. The van der Waals surface area contributed by atoms with E-state index >= 15 is 0 Å². The molecule has 0 saturated carbocycles. The second kappa shape index (κ2) is 8.73. The maximum Gasteiger partial charge on any atom is 0.0558 e. The number of aliphatic hydroxyl groups is 1. The topological polar surface area (TPSA) is 38.7 Å². The highest BCUT2D eigenvalue weighted by Gasteiger charge is 2.18. The maximum atomic E-state index is 9.00. The molecule has 0 radical (unpaired) electrons. The molecule has 1 saturated heterocycles. The second-order valence-electron chi connectivity index (χ2n) is 5.51. The molecule has 1 heterocycles. The molecule has 4 nitrogen and oxygen atoms in total. The van der Waals surface area contributed by atoms with E-state index in [0.717, 1.165) is 52.2 Å². The molecule has 2 rings (SSSR count). The Morgan fingerprint density at radius 2 is 2.00 bits per heavy atom. The lowest BCUT2D eigenvalue weighted by atomic mass is 10.1. The molecular weight excluding hydrogens is 330 g/mol. The van der Waals surface area contributed by atoms with Gasteiger partial charge in [-0.15, -0.1) is 0 Å². The van der Waals surface area contributed by atoms with Crippen LogP contribution in [0.25, 0.3) is 0 Å². The fourth-order valence-electron chi connectivity index (χ4n) is 2.68. The Hall–Kier alpha value is -0.620. The van der Waals surface area contributed by atoms with E-state index in [4.69, 9.17) is 5.11 Å². The highest BCUT2D eigenvalue weighted by molar-refractivity contribution is 9.10. The van der Waals surface area contributed by atoms with Gasteiger partial charge in [-0.05, 0) is 46.6 Å². The lowest BCUT2D eigenvalue weighted by Crippen LogP contribution is -2.47. The summed E-state index contributed by atoms with van der Waals surface area (Å²) in [5, 5.41) is 12.4. The highest BCUT2D eigenvalue weighted by Crippen LogP contribution is 2.28. The molecule has 0 unspecified atom stereocenters. The van der Waals surface area contributed by atoms with Crippen molar-refractivity contribution in [2.45, 2.75) is 19.9 Å². The van der Waals surface area contributed by atoms with Crippen molar-refractivity contribution < 1.29 is 5.11 Å². The van der Waals surface area contributed by atoms with Crippen molar-refractivity contribution in [3.05, 3.63) is 28.2 Å². The molecule has 1 aliphatic rings. The number of hydrogen-bond donors (Lipinski definition) is 2. The molecule has 0 aromatic heterocycles. The molecule has 118 valence electrons. The predicted molar refractivity (Wildman–Crippen MR) is 91.9 cm³/mol. The molecule has 1 aliphatic heterocycles. The van der Waals surface area contributed by atoms with Crippen LogP contribution in [0.2, 0.25) is 0 Å². The smallest absolute Gasteiger partial charge is 0.0558 e. The summed E-state index contributed by atoms with van der Waals surface area (Å²) in [6.07, 6.45) is 1.16. The van der Waals surface area contributed by atoms with Crippen molar-refractivity contribution in [1.82, 2.24) is 10.2 Å². The Bertz CT molecular complexity index is 434. The van der Waals surface area contributed by atoms with Crippen LogP contribution in [-0.2, 0) is 6.54 Å². The van der Waals surface area contributed by atoms with Gasteiger partial charge in [0.2, 0.25) is 0 Å². The first-order valence-electron chi connectivity index (χ1n) is 7.82. The molecule has 1 aromatic rings. The number of aliphatic hydroxyl groups excluding tert-OH is 1. The number of nitrogens with zero attached hydrogens (tertiary/aromatic N) is 2. The van der Waals surface area contributed by atoms with Gasteiger partial charge in [-0.1, -0.05) is 13.0 Å². The summed E-state index contributed by atoms with van der Waals surface area (Å²) in [6, 6.07) is 6.65. The Morgan fingerprint density at radius 1 is 1.24 bits per heavy atom. The van der Waals surface area contributed by atoms with Gasteiger partial charge in [-0.25, -0.2) is 0 Å². The number of anilines is 1. The summed E-state index contributed by atoms with van der Waals surface area (Å²) in [4.78, 5) is 4.73. The Kier molecular flexibility index (Phi) is 6.96. The average Bonchev–Trinajstić information content (AvgIpc) is 2.49. The monoisotopic (exact) mass is 355 g/mol. The zero-order valence-corrected chi connectivity index (χ0v) is 14.4. The van der Waals surface area contributed by atoms with Crippen LogP contribution in [-0.4, -0.2) is 55.9 Å². The van der Waals surface area contributed by atoms with Crippen LogP contribution in [0, 0.1) is 0 Å². The van der Waals surface area contributed by atoms with Gasteiger partial charge in [0, 0.05) is 43.7 Å². The van der Waals surface area contributed by atoms with Gasteiger partial charge in [-0.2, -0.15) is 0 Å². The quantitative estimate of drug-likeness (QED) is 0.734. The molecule has 0 spiro atoms. The van der Waals surface area contributed by atoms with Gasteiger partial charge < -0.3 is 15.3 Å². The van der Waals surface area contributed by atoms with Gasteiger partial charge in [0.15, 0.2) is 0 Å². The molecule has 0 bridgehead atoms. The van der Waals surface area contributed by atoms with E-state index in [1.807, 2.05) is 0 Å². The van der Waals surface area contributed by atoms with Crippen molar-refractivity contribution in [3.8, 4) is 0 Å². The van der Waals surface area contributed by atoms with Crippen LogP contribution in [0.5, 0.6) is 0 Å². The molecule has 1 fully saturated rings. The second-order valence-corrected chi connectivity index (χ2v) is 6.37. The minimum absolute atomic E-state index is 0.253. The van der Waals surface area contributed by atoms with Crippen LogP contribution in [0.3, 0.4) is 0 Å². The van der Waals surface area contributed by atoms with Crippen molar-refractivity contribution >= 4 is 21.6 Å². The SMILES string of the molecule is CCCNCc1ccc(N2CCN(CCO)CC2)c(Br)c1. The third-order valence-corrected chi connectivity index (χ3v) is 4.53. The van der Waals surface area contributed by atoms with E-state index in [-0.39, 0.29) is 6.61 Å². The third-order valence-electron chi connectivity index (χ3n) is 3.90. The van der Waals surface area contributed by atoms with Gasteiger partial charge in [0.05, 0.1) is 12.3 Å². The fraction of sp³-hybridized carbons (Fsp3) is 0.625. The summed E-state index contributed by atoms with van der Waals surface area (Å²) >= 11 is 3.71. The summed E-state index contributed by atoms with van der Waals surface area (Å²) in [6.45, 7) is 9.30. The van der Waals surface area contributed by atoms with Crippen LogP contribution < -0.4 is 10.2 Å². The van der Waals surface area contributed by atoms with Crippen LogP contribution in [0.15, 0.2) is 22.7 Å². The molecule has 0 atom stereocenters. The Labute approximate surface area is 136 Å². The minimum atomic E-state index is 0.253.